The molecule has 1 N–H and O–H groups in total. The van der Waals surface area contributed by atoms with Gasteiger partial charge >= 0.3 is 12.0 Å². The van der Waals surface area contributed by atoms with E-state index in [1.54, 1.807) is 7.05 Å². The number of benzene rings is 1. The summed E-state index contributed by atoms with van der Waals surface area (Å²) < 4.78 is 5.46. The van der Waals surface area contributed by atoms with E-state index in [0.717, 1.165) is 10.5 Å². The van der Waals surface area contributed by atoms with E-state index in [0.29, 0.717) is 12.3 Å². The molecule has 29 heavy (non-hydrogen) atoms. The molecule has 0 bridgehead atoms. The van der Waals surface area contributed by atoms with E-state index in [9.17, 15) is 14.4 Å². The standard InChI is InChI=1S/C18H19N7O4/c1-23-15-14(16(27)24(2)18(23)28)25(10-19-15)9-12(26)20-17-22-21-13(29-17)8-11-6-4-3-5-7-11/h3-7,10,14-15H,8-9H2,1-2H3,(H,20,22,26). The quantitative estimate of drug-likeness (QED) is 0.762. The van der Waals surface area contributed by atoms with Crippen molar-refractivity contribution in [2.24, 2.45) is 4.99 Å². The van der Waals surface area contributed by atoms with Crippen LogP contribution in [0.2, 0.25) is 0 Å². The molecule has 4 amide bonds. The lowest BCUT2D eigenvalue weighted by atomic mass is 10.1. The predicted molar refractivity (Wildman–Crippen MR) is 101 cm³/mol. The number of nitrogens with one attached hydrogen (secondary N) is 1. The third-order valence-corrected chi connectivity index (χ3v) is 4.81. The summed E-state index contributed by atoms with van der Waals surface area (Å²) in [6, 6.07) is 8.41. The van der Waals surface area contributed by atoms with Gasteiger partial charge in [-0.3, -0.25) is 19.8 Å². The number of rotatable bonds is 5. The van der Waals surface area contributed by atoms with E-state index >= 15 is 0 Å². The van der Waals surface area contributed by atoms with Crippen molar-refractivity contribution in [3.63, 3.8) is 0 Å². The number of amides is 4. The van der Waals surface area contributed by atoms with Gasteiger partial charge in [0.25, 0.3) is 5.91 Å². The first-order valence-corrected chi connectivity index (χ1v) is 8.93. The fourth-order valence-electron chi connectivity index (χ4n) is 3.31. The molecule has 2 aromatic rings. The summed E-state index contributed by atoms with van der Waals surface area (Å²) in [5.41, 5.74) is 1.01. The lowest BCUT2D eigenvalue weighted by Crippen LogP contribution is -2.64. The van der Waals surface area contributed by atoms with Crippen LogP contribution in [0.15, 0.2) is 39.7 Å². The second kappa shape index (κ2) is 7.34. The van der Waals surface area contributed by atoms with E-state index in [4.69, 9.17) is 4.42 Å². The Morgan fingerprint density at radius 2 is 1.93 bits per heavy atom. The highest BCUT2D eigenvalue weighted by molar-refractivity contribution is 6.02. The minimum atomic E-state index is -0.746. The van der Waals surface area contributed by atoms with Gasteiger partial charge in [0.15, 0.2) is 12.2 Å². The predicted octanol–water partition coefficient (Wildman–Crippen LogP) is 0.161. The van der Waals surface area contributed by atoms with Gasteiger partial charge < -0.3 is 14.2 Å². The van der Waals surface area contributed by atoms with Gasteiger partial charge in [0.05, 0.1) is 19.3 Å². The normalized spacial score (nSPS) is 21.0. The van der Waals surface area contributed by atoms with E-state index in [1.165, 1.54) is 23.2 Å². The molecule has 3 heterocycles. The maximum absolute atomic E-state index is 12.5. The van der Waals surface area contributed by atoms with Crippen LogP contribution in [-0.4, -0.2) is 81.9 Å². The summed E-state index contributed by atoms with van der Waals surface area (Å²) in [6.45, 7) is -0.150. The van der Waals surface area contributed by atoms with E-state index in [1.807, 2.05) is 30.3 Å². The molecule has 2 atom stereocenters. The summed E-state index contributed by atoms with van der Waals surface area (Å²) in [5.74, 6) is -0.480. The molecule has 11 nitrogen and oxygen atoms in total. The SMILES string of the molecule is CN1C(=O)C2C(N=CN2CC(=O)Nc2nnc(Cc3ccccc3)o2)N(C)C1=O. The summed E-state index contributed by atoms with van der Waals surface area (Å²) in [4.78, 5) is 45.0. The van der Waals surface area contributed by atoms with Crippen LogP contribution < -0.4 is 5.32 Å². The van der Waals surface area contributed by atoms with Gasteiger partial charge in [-0.1, -0.05) is 35.4 Å². The average molecular weight is 397 g/mol. The smallest absolute Gasteiger partial charge is 0.328 e. The van der Waals surface area contributed by atoms with Crippen molar-refractivity contribution < 1.29 is 18.8 Å². The fraction of sp³-hybridized carbons (Fsp3) is 0.333. The van der Waals surface area contributed by atoms with Crippen LogP contribution in [0.5, 0.6) is 0 Å². The summed E-state index contributed by atoms with van der Waals surface area (Å²) >= 11 is 0. The molecule has 1 aromatic heterocycles. The second-order valence-corrected chi connectivity index (χ2v) is 6.80. The Hall–Kier alpha value is -3.76. The highest BCUT2D eigenvalue weighted by atomic mass is 16.4. The topological polar surface area (TPSA) is 124 Å². The van der Waals surface area contributed by atoms with E-state index in [-0.39, 0.29) is 12.6 Å². The Morgan fingerprint density at radius 1 is 1.17 bits per heavy atom. The van der Waals surface area contributed by atoms with Crippen molar-refractivity contribution in [1.82, 2.24) is 24.9 Å². The van der Waals surface area contributed by atoms with Gasteiger partial charge in [0.2, 0.25) is 11.8 Å². The van der Waals surface area contributed by atoms with Crippen LogP contribution in [0.3, 0.4) is 0 Å². The molecule has 0 radical (unpaired) electrons. The molecule has 0 saturated carbocycles. The van der Waals surface area contributed by atoms with Crippen LogP contribution >= 0.6 is 0 Å². The molecule has 0 aliphatic carbocycles. The van der Waals surface area contributed by atoms with Crippen molar-refractivity contribution in [2.75, 3.05) is 26.0 Å². The number of carbonyl (C=O) groups is 3. The molecule has 1 aromatic carbocycles. The zero-order valence-electron chi connectivity index (χ0n) is 15.8. The number of aliphatic imine (C=N–C) groups is 1. The van der Waals surface area contributed by atoms with Gasteiger partial charge in [-0.25, -0.2) is 9.79 Å². The third kappa shape index (κ3) is 3.53. The molecule has 4 rings (SSSR count). The maximum Gasteiger partial charge on any atom is 0.328 e. The number of urea groups is 1. The first-order chi connectivity index (χ1) is 13.9. The minimum Gasteiger partial charge on any atom is -0.407 e. The van der Waals surface area contributed by atoms with Gasteiger partial charge in [-0.2, -0.15) is 0 Å². The lowest BCUT2D eigenvalue weighted by Gasteiger charge is -2.39. The van der Waals surface area contributed by atoms with Gasteiger partial charge in [0, 0.05) is 14.1 Å². The number of likely N-dealkylation sites (N-methyl/N-ethyl adjacent to an activating group) is 2. The van der Waals surface area contributed by atoms with Gasteiger partial charge in [-0.15, -0.1) is 5.10 Å². The summed E-state index contributed by atoms with van der Waals surface area (Å²) in [6.07, 6.45) is 1.21. The Kier molecular flexibility index (Phi) is 4.71. The summed E-state index contributed by atoms with van der Waals surface area (Å²) in [5, 5.41) is 10.3. The number of hydrogen-bond donors (Lipinski definition) is 1. The molecule has 2 aliphatic heterocycles. The molecule has 0 spiro atoms. The first kappa shape index (κ1) is 18.6. The molecule has 2 unspecified atom stereocenters. The van der Waals surface area contributed by atoms with Crippen molar-refractivity contribution >= 4 is 30.2 Å². The number of imide groups is 1. The van der Waals surface area contributed by atoms with Crippen LogP contribution in [0, 0.1) is 0 Å². The maximum atomic E-state index is 12.5. The molecular formula is C18H19N7O4. The van der Waals surface area contributed by atoms with E-state index in [2.05, 4.69) is 20.5 Å². The Morgan fingerprint density at radius 3 is 2.69 bits per heavy atom. The number of fused-ring (bicyclic) bond motifs is 1. The molecular weight excluding hydrogens is 378 g/mol. The number of aromatic nitrogens is 2. The van der Waals surface area contributed by atoms with Crippen molar-refractivity contribution in [1.29, 1.82) is 0 Å². The highest BCUT2D eigenvalue weighted by Gasteiger charge is 2.48. The Bertz CT molecular complexity index is 974. The van der Waals surface area contributed by atoms with Crippen molar-refractivity contribution in [2.45, 2.75) is 18.6 Å². The van der Waals surface area contributed by atoms with Crippen LogP contribution in [-0.2, 0) is 16.0 Å². The molecule has 1 fully saturated rings. The van der Waals surface area contributed by atoms with Gasteiger partial charge in [-0.05, 0) is 5.56 Å². The van der Waals surface area contributed by atoms with E-state index < -0.39 is 30.1 Å². The van der Waals surface area contributed by atoms with Crippen LogP contribution in [0.25, 0.3) is 0 Å². The first-order valence-electron chi connectivity index (χ1n) is 8.93. The minimum absolute atomic E-state index is 0.0204. The second-order valence-electron chi connectivity index (χ2n) is 6.80. The summed E-state index contributed by atoms with van der Waals surface area (Å²) in [7, 11) is 2.97. The average Bonchev–Trinajstić information content (AvgIpc) is 3.32. The largest absolute Gasteiger partial charge is 0.407 e. The number of nitrogens with zero attached hydrogens (tertiary/aromatic N) is 6. The van der Waals surface area contributed by atoms with Crippen molar-refractivity contribution in [3.8, 4) is 0 Å². The Labute approximate surface area is 166 Å². The zero-order chi connectivity index (χ0) is 20.5. The van der Waals surface area contributed by atoms with Crippen LogP contribution in [0.1, 0.15) is 11.5 Å². The number of carbonyl (C=O) groups excluding carboxylic acids is 3. The van der Waals surface area contributed by atoms with Gasteiger partial charge in [0.1, 0.15) is 0 Å². The van der Waals surface area contributed by atoms with Crippen LogP contribution in [0.4, 0.5) is 10.8 Å². The fourth-order valence-corrected chi connectivity index (χ4v) is 3.31. The number of hydrogen-bond acceptors (Lipinski definition) is 8. The zero-order valence-corrected chi connectivity index (χ0v) is 15.8. The Balaban J connectivity index is 1.37. The molecule has 150 valence electrons. The monoisotopic (exact) mass is 397 g/mol. The van der Waals surface area contributed by atoms with Crippen molar-refractivity contribution in [3.05, 3.63) is 41.8 Å². The third-order valence-electron chi connectivity index (χ3n) is 4.81. The molecule has 11 heteroatoms. The lowest BCUT2D eigenvalue weighted by molar-refractivity contribution is -0.136. The molecule has 1 saturated heterocycles. The molecule has 2 aliphatic rings. The highest BCUT2D eigenvalue weighted by Crippen LogP contribution is 2.24. The number of anilines is 1.